The molecule has 1 aromatic carbocycles. The number of hydrogen-bond acceptors (Lipinski definition) is 4. The van der Waals surface area contributed by atoms with Gasteiger partial charge in [0.2, 0.25) is 0 Å². The van der Waals surface area contributed by atoms with Crippen LogP contribution < -0.4 is 0 Å². The monoisotopic (exact) mass is 305 g/mol. The van der Waals surface area contributed by atoms with Crippen LogP contribution in [0.1, 0.15) is 40.0 Å². The van der Waals surface area contributed by atoms with Crippen molar-refractivity contribution < 1.29 is 14.3 Å². The SMILES string of the molecule is O=C1c2ccccc2C(=O)N1CCCS[C@H]1CCCOC1. The largest absolute Gasteiger partial charge is 0.380 e. The van der Waals surface area contributed by atoms with Crippen LogP contribution in [0.4, 0.5) is 0 Å². The molecule has 0 N–H and O–H groups in total. The highest BCUT2D eigenvalue weighted by Gasteiger charge is 2.34. The molecule has 5 heteroatoms. The molecule has 1 atom stereocenters. The number of carbonyl (C=O) groups is 2. The third-order valence-corrected chi connectivity index (χ3v) is 5.24. The standard InChI is InChI=1S/C16H19NO3S/c18-15-13-6-1-2-7-14(13)16(19)17(15)8-4-10-21-12-5-3-9-20-11-12/h1-2,6-7,12H,3-5,8-11H2/t12-/m0/s1. The van der Waals surface area contributed by atoms with E-state index in [1.807, 2.05) is 11.8 Å². The molecule has 21 heavy (non-hydrogen) atoms. The molecule has 1 fully saturated rings. The number of amides is 2. The lowest BCUT2D eigenvalue weighted by molar-refractivity contribution is 0.0654. The van der Waals surface area contributed by atoms with Gasteiger partial charge in [-0.25, -0.2) is 0 Å². The number of fused-ring (bicyclic) bond motifs is 1. The summed E-state index contributed by atoms with van der Waals surface area (Å²) in [5.74, 6) is 0.657. The maximum atomic E-state index is 12.2. The van der Waals surface area contributed by atoms with Crippen LogP contribution in [0.3, 0.4) is 0 Å². The second-order valence-corrected chi connectivity index (χ2v) is 6.78. The Kier molecular flexibility index (Phi) is 4.60. The lowest BCUT2D eigenvalue weighted by Gasteiger charge is -2.21. The molecule has 1 saturated heterocycles. The molecule has 0 saturated carbocycles. The first kappa shape index (κ1) is 14.6. The van der Waals surface area contributed by atoms with Crippen molar-refractivity contribution in [1.29, 1.82) is 0 Å². The summed E-state index contributed by atoms with van der Waals surface area (Å²) in [6.45, 7) is 2.22. The topological polar surface area (TPSA) is 46.6 Å². The first-order valence-corrected chi connectivity index (χ1v) is 8.47. The van der Waals surface area contributed by atoms with E-state index in [-0.39, 0.29) is 11.8 Å². The van der Waals surface area contributed by atoms with Crippen LogP contribution in [-0.2, 0) is 4.74 Å². The molecule has 2 heterocycles. The number of benzene rings is 1. The maximum absolute atomic E-state index is 12.2. The molecule has 0 unspecified atom stereocenters. The number of hydrogen-bond donors (Lipinski definition) is 0. The summed E-state index contributed by atoms with van der Waals surface area (Å²) in [6.07, 6.45) is 3.18. The molecular formula is C16H19NO3S. The normalized spacial score (nSPS) is 21.7. The highest BCUT2D eigenvalue weighted by molar-refractivity contribution is 7.99. The zero-order valence-electron chi connectivity index (χ0n) is 11.9. The van der Waals surface area contributed by atoms with Gasteiger partial charge in [0.25, 0.3) is 11.8 Å². The average molecular weight is 305 g/mol. The van der Waals surface area contributed by atoms with Gasteiger partial charge in [-0.2, -0.15) is 11.8 Å². The number of carbonyl (C=O) groups excluding carboxylic acids is 2. The maximum Gasteiger partial charge on any atom is 0.261 e. The van der Waals surface area contributed by atoms with Crippen molar-refractivity contribution in [1.82, 2.24) is 4.90 Å². The van der Waals surface area contributed by atoms with Crippen LogP contribution in [0, 0.1) is 0 Å². The number of thioether (sulfide) groups is 1. The van der Waals surface area contributed by atoms with Gasteiger partial charge in [-0.15, -0.1) is 0 Å². The summed E-state index contributed by atoms with van der Waals surface area (Å²) in [5.41, 5.74) is 1.08. The Morgan fingerprint density at radius 2 is 1.90 bits per heavy atom. The van der Waals surface area contributed by atoms with Crippen molar-refractivity contribution in [2.75, 3.05) is 25.5 Å². The van der Waals surface area contributed by atoms with E-state index in [0.717, 1.165) is 31.8 Å². The van der Waals surface area contributed by atoms with Gasteiger partial charge in [0.05, 0.1) is 17.7 Å². The Labute approximate surface area is 128 Å². The average Bonchev–Trinajstić information content (AvgIpc) is 2.77. The summed E-state index contributed by atoms with van der Waals surface area (Å²) in [7, 11) is 0. The van der Waals surface area contributed by atoms with Crippen molar-refractivity contribution in [2.45, 2.75) is 24.5 Å². The zero-order chi connectivity index (χ0) is 14.7. The summed E-state index contributed by atoms with van der Waals surface area (Å²) in [5, 5.41) is 0.570. The molecule has 4 nitrogen and oxygen atoms in total. The van der Waals surface area contributed by atoms with Crippen molar-refractivity contribution in [2.24, 2.45) is 0 Å². The van der Waals surface area contributed by atoms with E-state index in [1.165, 1.54) is 11.3 Å². The van der Waals surface area contributed by atoms with Gasteiger partial charge in [-0.1, -0.05) is 12.1 Å². The van der Waals surface area contributed by atoms with E-state index in [2.05, 4.69) is 0 Å². The van der Waals surface area contributed by atoms with Crippen molar-refractivity contribution >= 4 is 23.6 Å². The summed E-state index contributed by atoms with van der Waals surface area (Å²) in [6, 6.07) is 7.05. The molecule has 112 valence electrons. The molecule has 0 aliphatic carbocycles. The summed E-state index contributed by atoms with van der Waals surface area (Å²) >= 11 is 1.89. The molecular weight excluding hydrogens is 286 g/mol. The van der Waals surface area contributed by atoms with Crippen LogP contribution in [0.15, 0.2) is 24.3 Å². The number of rotatable bonds is 5. The molecule has 1 aromatic rings. The van der Waals surface area contributed by atoms with E-state index in [0.29, 0.717) is 22.9 Å². The highest BCUT2D eigenvalue weighted by Crippen LogP contribution is 2.24. The van der Waals surface area contributed by atoms with Crippen LogP contribution in [0.2, 0.25) is 0 Å². The quantitative estimate of drug-likeness (QED) is 0.619. The molecule has 0 radical (unpaired) electrons. The van der Waals surface area contributed by atoms with E-state index in [1.54, 1.807) is 24.3 Å². The van der Waals surface area contributed by atoms with Gasteiger partial charge in [-0.05, 0) is 37.1 Å². The predicted octanol–water partition coefficient (Wildman–Crippen LogP) is 2.58. The molecule has 2 amide bonds. The number of nitrogens with zero attached hydrogens (tertiary/aromatic N) is 1. The van der Waals surface area contributed by atoms with Gasteiger partial charge in [0.15, 0.2) is 0 Å². The summed E-state index contributed by atoms with van der Waals surface area (Å²) in [4.78, 5) is 25.7. The van der Waals surface area contributed by atoms with Gasteiger partial charge >= 0.3 is 0 Å². The smallest absolute Gasteiger partial charge is 0.261 e. The molecule has 3 rings (SSSR count). The molecule has 0 bridgehead atoms. The Morgan fingerprint density at radius 1 is 1.19 bits per heavy atom. The Morgan fingerprint density at radius 3 is 2.52 bits per heavy atom. The second-order valence-electron chi connectivity index (χ2n) is 5.37. The van der Waals surface area contributed by atoms with Crippen LogP contribution >= 0.6 is 11.8 Å². The van der Waals surface area contributed by atoms with Gasteiger partial charge < -0.3 is 4.74 Å². The fourth-order valence-electron chi connectivity index (χ4n) is 2.76. The Bertz CT molecular complexity index is 505. The minimum Gasteiger partial charge on any atom is -0.380 e. The van der Waals surface area contributed by atoms with E-state index in [9.17, 15) is 9.59 Å². The van der Waals surface area contributed by atoms with Crippen LogP contribution in [-0.4, -0.2) is 47.5 Å². The van der Waals surface area contributed by atoms with Gasteiger partial charge in [0.1, 0.15) is 0 Å². The zero-order valence-corrected chi connectivity index (χ0v) is 12.7. The third-order valence-electron chi connectivity index (χ3n) is 3.88. The van der Waals surface area contributed by atoms with E-state index >= 15 is 0 Å². The Hall–Kier alpha value is -1.33. The van der Waals surface area contributed by atoms with Crippen molar-refractivity contribution in [3.63, 3.8) is 0 Å². The summed E-state index contributed by atoms with van der Waals surface area (Å²) < 4.78 is 5.45. The first-order valence-electron chi connectivity index (χ1n) is 7.42. The van der Waals surface area contributed by atoms with Gasteiger partial charge in [-0.3, -0.25) is 14.5 Å². The second kappa shape index (κ2) is 6.62. The Balaban J connectivity index is 1.48. The minimum absolute atomic E-state index is 0.151. The molecule has 2 aliphatic rings. The van der Waals surface area contributed by atoms with E-state index in [4.69, 9.17) is 4.74 Å². The van der Waals surface area contributed by atoms with Crippen LogP contribution in [0.5, 0.6) is 0 Å². The van der Waals surface area contributed by atoms with Crippen molar-refractivity contribution in [3.05, 3.63) is 35.4 Å². The molecule has 0 spiro atoms. The van der Waals surface area contributed by atoms with Crippen LogP contribution in [0.25, 0.3) is 0 Å². The number of ether oxygens (including phenoxy) is 1. The van der Waals surface area contributed by atoms with Gasteiger partial charge in [0, 0.05) is 18.4 Å². The lowest BCUT2D eigenvalue weighted by atomic mass is 10.1. The van der Waals surface area contributed by atoms with Crippen molar-refractivity contribution in [3.8, 4) is 0 Å². The first-order chi connectivity index (χ1) is 10.3. The third kappa shape index (κ3) is 3.14. The molecule has 0 aromatic heterocycles. The fourth-order valence-corrected chi connectivity index (χ4v) is 3.91. The fraction of sp³-hybridized carbons (Fsp3) is 0.500. The lowest BCUT2D eigenvalue weighted by Crippen LogP contribution is -2.31. The number of imide groups is 1. The molecule has 2 aliphatic heterocycles. The predicted molar refractivity (Wildman–Crippen MR) is 82.7 cm³/mol. The minimum atomic E-state index is -0.151. The van der Waals surface area contributed by atoms with E-state index < -0.39 is 0 Å². The highest BCUT2D eigenvalue weighted by atomic mass is 32.2.